The lowest BCUT2D eigenvalue weighted by molar-refractivity contribution is -0.148. The number of alkyl halides is 1. The summed E-state index contributed by atoms with van der Waals surface area (Å²) in [6, 6.07) is -3.58. The van der Waals surface area contributed by atoms with Crippen LogP contribution in [0.4, 0.5) is 5.13 Å². The van der Waals surface area contributed by atoms with E-state index in [4.69, 9.17) is 22.1 Å². The van der Waals surface area contributed by atoms with E-state index in [2.05, 4.69) is 30.9 Å². The fourth-order valence-corrected chi connectivity index (χ4v) is 3.66. The van der Waals surface area contributed by atoms with Gasteiger partial charge in [0.2, 0.25) is 11.8 Å². The van der Waals surface area contributed by atoms with Crippen LogP contribution in [0.1, 0.15) is 5.69 Å². The Hall–Kier alpha value is -2.82. The van der Waals surface area contributed by atoms with Gasteiger partial charge in [0.05, 0.1) is 11.8 Å². The molecule has 2 heterocycles. The van der Waals surface area contributed by atoms with E-state index in [1.54, 1.807) is 0 Å². The number of halogens is 1. The Bertz CT molecular complexity index is 1060. The van der Waals surface area contributed by atoms with Crippen molar-refractivity contribution in [3.8, 4) is 0 Å². The van der Waals surface area contributed by atoms with Gasteiger partial charge >= 0.3 is 5.97 Å². The molecule has 3 unspecified atom stereocenters. The van der Waals surface area contributed by atoms with Crippen molar-refractivity contribution < 1.29 is 37.2 Å². The number of carbonyl (C=O) groups is 4. The zero-order chi connectivity index (χ0) is 24.8. The van der Waals surface area contributed by atoms with Crippen LogP contribution in [0.15, 0.2) is 10.5 Å². The van der Waals surface area contributed by atoms with Crippen molar-refractivity contribution in [3.05, 3.63) is 11.1 Å². The normalized spacial score (nSPS) is 19.0. The van der Waals surface area contributed by atoms with Gasteiger partial charge < -0.3 is 31.3 Å². The van der Waals surface area contributed by atoms with E-state index in [-0.39, 0.29) is 28.2 Å². The molecule has 0 radical (unpaired) electrons. The summed E-state index contributed by atoms with van der Waals surface area (Å²) in [4.78, 5) is 56.9. The molecular weight excluding hydrogens is 504 g/mol. The van der Waals surface area contributed by atoms with E-state index in [0.717, 1.165) is 17.6 Å². The van der Waals surface area contributed by atoms with E-state index >= 15 is 0 Å². The molecule has 1 aromatic heterocycles. The molecule has 5 N–H and O–H groups in total. The molecule has 1 aromatic rings. The quantitative estimate of drug-likeness (QED) is 0.0790. The first-order valence-electron chi connectivity index (χ1n) is 9.11. The van der Waals surface area contributed by atoms with Crippen LogP contribution in [-0.2, 0) is 38.6 Å². The molecule has 182 valence electrons. The average molecular weight is 525 g/mol. The Morgan fingerprint density at radius 1 is 1.42 bits per heavy atom. The van der Waals surface area contributed by atoms with Gasteiger partial charge in [0, 0.05) is 11.6 Å². The summed E-state index contributed by atoms with van der Waals surface area (Å²) in [6.07, 6.45) is 0.981. The second kappa shape index (κ2) is 11.4. The number of rotatable bonds is 11. The third-order valence-corrected chi connectivity index (χ3v) is 6.02. The van der Waals surface area contributed by atoms with Gasteiger partial charge in [0.25, 0.3) is 5.91 Å². The first-order chi connectivity index (χ1) is 15.5. The number of hydrogen-bond donors (Lipinski definition) is 4. The third kappa shape index (κ3) is 7.34. The molecule has 3 amide bonds. The molecule has 2 rings (SSSR count). The van der Waals surface area contributed by atoms with Crippen LogP contribution in [0, 0.1) is 0 Å². The summed E-state index contributed by atoms with van der Waals surface area (Å²) in [5.74, 6) is -3.60. The molecule has 0 saturated carbocycles. The standard InChI is InChI=1S/C16H21ClN6O8S2/c1-30-23-10(7-6-32-16(19-7)20-8(24)5-17)13(25)22-12-11(21-14(12)26)9(18)15(27)31-3-4-33(2,28)29/h6,9,11-12H,3-5,18H2,1-2H3,(H,21,26)(H,22,25)(H,19,20,24)/b23-10-. The molecule has 1 aliphatic rings. The smallest absolute Gasteiger partial charge is 0.325 e. The van der Waals surface area contributed by atoms with E-state index in [1.807, 2.05) is 0 Å². The number of oxime groups is 1. The molecule has 14 nitrogen and oxygen atoms in total. The Morgan fingerprint density at radius 3 is 2.70 bits per heavy atom. The summed E-state index contributed by atoms with van der Waals surface area (Å²) < 4.78 is 27.1. The minimum Gasteiger partial charge on any atom is -0.463 e. The van der Waals surface area contributed by atoms with Gasteiger partial charge in [0.1, 0.15) is 37.4 Å². The number of nitrogens with zero attached hydrogens (tertiary/aromatic N) is 2. The first-order valence-corrected chi connectivity index (χ1v) is 12.6. The fraction of sp³-hybridized carbons (Fsp3) is 0.500. The Kier molecular flexibility index (Phi) is 9.09. The molecule has 0 bridgehead atoms. The highest BCUT2D eigenvalue weighted by Crippen LogP contribution is 2.17. The molecule has 0 spiro atoms. The lowest BCUT2D eigenvalue weighted by atomic mass is 9.92. The highest BCUT2D eigenvalue weighted by atomic mass is 35.5. The lowest BCUT2D eigenvalue weighted by Gasteiger charge is -2.39. The average Bonchev–Trinajstić information content (AvgIpc) is 3.20. The molecule has 33 heavy (non-hydrogen) atoms. The maximum absolute atomic E-state index is 12.7. The maximum atomic E-state index is 12.7. The lowest BCUT2D eigenvalue weighted by Crippen LogP contribution is -2.75. The van der Waals surface area contributed by atoms with Crippen molar-refractivity contribution in [1.82, 2.24) is 15.6 Å². The van der Waals surface area contributed by atoms with Crippen LogP contribution in [0.3, 0.4) is 0 Å². The molecule has 1 aliphatic heterocycles. The predicted molar refractivity (Wildman–Crippen MR) is 118 cm³/mol. The summed E-state index contributed by atoms with van der Waals surface area (Å²) in [6.45, 7) is -0.403. The van der Waals surface area contributed by atoms with Crippen LogP contribution in [0.5, 0.6) is 0 Å². The number of β-lactam (4-membered cyclic amide) rings is 1. The third-order valence-electron chi connectivity index (χ3n) is 4.11. The fourth-order valence-electron chi connectivity index (χ4n) is 2.49. The molecular formula is C16H21ClN6O8S2. The molecule has 3 atom stereocenters. The zero-order valence-corrected chi connectivity index (χ0v) is 19.8. The van der Waals surface area contributed by atoms with Crippen molar-refractivity contribution in [2.45, 2.75) is 18.1 Å². The van der Waals surface area contributed by atoms with Crippen molar-refractivity contribution in [1.29, 1.82) is 0 Å². The number of ether oxygens (including phenoxy) is 1. The van der Waals surface area contributed by atoms with Crippen molar-refractivity contribution in [3.63, 3.8) is 0 Å². The van der Waals surface area contributed by atoms with Gasteiger partial charge in [-0.15, -0.1) is 22.9 Å². The molecule has 0 aliphatic carbocycles. The van der Waals surface area contributed by atoms with Gasteiger partial charge in [-0.2, -0.15) is 0 Å². The van der Waals surface area contributed by atoms with Crippen LogP contribution in [0.2, 0.25) is 0 Å². The maximum Gasteiger partial charge on any atom is 0.325 e. The number of amides is 3. The topological polar surface area (TPSA) is 208 Å². The number of hydrogen-bond acceptors (Lipinski definition) is 12. The number of nitrogens with two attached hydrogens (primary N) is 1. The van der Waals surface area contributed by atoms with Crippen molar-refractivity contribution in [2.24, 2.45) is 10.9 Å². The number of esters is 1. The molecule has 0 aromatic carbocycles. The number of carbonyl (C=O) groups excluding carboxylic acids is 4. The number of aromatic nitrogens is 1. The van der Waals surface area contributed by atoms with E-state index in [0.29, 0.717) is 0 Å². The van der Waals surface area contributed by atoms with E-state index in [9.17, 15) is 27.6 Å². The minimum atomic E-state index is -3.35. The van der Waals surface area contributed by atoms with Gasteiger partial charge in [-0.1, -0.05) is 5.16 Å². The number of anilines is 1. The summed E-state index contributed by atoms with van der Waals surface area (Å²) in [7, 11) is -2.15. The number of nitrogens with one attached hydrogen (secondary N) is 3. The van der Waals surface area contributed by atoms with Crippen molar-refractivity contribution >= 4 is 67.3 Å². The monoisotopic (exact) mass is 524 g/mol. The summed E-state index contributed by atoms with van der Waals surface area (Å²) in [5.41, 5.74) is 5.55. The minimum absolute atomic E-state index is 0.0463. The highest BCUT2D eigenvalue weighted by Gasteiger charge is 2.47. The van der Waals surface area contributed by atoms with Crippen LogP contribution >= 0.6 is 22.9 Å². The Balaban J connectivity index is 2.05. The van der Waals surface area contributed by atoms with Gasteiger partial charge in [-0.05, 0) is 0 Å². The van der Waals surface area contributed by atoms with Gasteiger partial charge in [0.15, 0.2) is 20.7 Å². The van der Waals surface area contributed by atoms with Crippen LogP contribution < -0.4 is 21.7 Å². The van der Waals surface area contributed by atoms with Gasteiger partial charge in [-0.3, -0.25) is 19.2 Å². The molecule has 17 heteroatoms. The second-order valence-electron chi connectivity index (χ2n) is 6.65. The molecule has 1 saturated heterocycles. The van der Waals surface area contributed by atoms with Crippen molar-refractivity contribution in [2.75, 3.05) is 36.9 Å². The second-order valence-corrected chi connectivity index (χ2v) is 10.0. The molecule has 1 fully saturated rings. The van der Waals surface area contributed by atoms with Crippen LogP contribution in [-0.4, -0.2) is 92.5 Å². The highest BCUT2D eigenvalue weighted by molar-refractivity contribution is 7.90. The zero-order valence-electron chi connectivity index (χ0n) is 17.4. The van der Waals surface area contributed by atoms with E-state index in [1.165, 1.54) is 12.5 Å². The van der Waals surface area contributed by atoms with E-state index < -0.39 is 58.3 Å². The SMILES string of the molecule is CO/N=C(\C(=O)NC1C(=O)NC1C(N)C(=O)OCCS(C)(=O)=O)c1csc(NC(=O)CCl)n1. The van der Waals surface area contributed by atoms with Gasteiger partial charge in [-0.25, -0.2) is 13.4 Å². The largest absolute Gasteiger partial charge is 0.463 e. The first kappa shape index (κ1) is 26.4. The Morgan fingerprint density at radius 2 is 2.12 bits per heavy atom. The summed E-state index contributed by atoms with van der Waals surface area (Å²) in [5, 5.41) is 12.4. The summed E-state index contributed by atoms with van der Waals surface area (Å²) >= 11 is 6.42. The number of thiazole rings is 1. The van der Waals surface area contributed by atoms with Crippen LogP contribution in [0.25, 0.3) is 0 Å². The number of sulfone groups is 1. The Labute approximate surface area is 197 Å². The predicted octanol–water partition coefficient (Wildman–Crippen LogP) is -2.43.